The van der Waals surface area contributed by atoms with Crippen molar-refractivity contribution in [2.75, 3.05) is 0 Å². The van der Waals surface area contributed by atoms with Gasteiger partial charge in [0.25, 0.3) is 0 Å². The van der Waals surface area contributed by atoms with Crippen LogP contribution in [0.5, 0.6) is 5.75 Å². The minimum Gasteiger partial charge on any atom is -0.471 e. The largest absolute Gasteiger partial charge is 0.471 e. The Morgan fingerprint density at radius 1 is 0.462 bits per heavy atom. The first-order chi connectivity index (χ1) is 12.9. The molecule has 0 bridgehead atoms. The molecule has 0 spiro atoms. The fraction of sp³-hybridized carbons (Fsp3) is 0. The van der Waals surface area contributed by atoms with Gasteiger partial charge in [-0.1, -0.05) is 97.1 Å². The molecule has 1 aliphatic rings. The van der Waals surface area contributed by atoms with E-state index >= 15 is 0 Å². The van der Waals surface area contributed by atoms with Crippen LogP contribution in [-0.4, -0.2) is 0 Å². The van der Waals surface area contributed by atoms with Gasteiger partial charge < -0.3 is 4.52 Å². The van der Waals surface area contributed by atoms with Gasteiger partial charge in [0.1, 0.15) is 14.6 Å². The Bertz CT molecular complexity index is 983. The summed E-state index contributed by atoms with van der Waals surface area (Å²) in [6.45, 7) is 0. The molecule has 0 radical (unpaired) electrons. The third-order valence-electron chi connectivity index (χ3n) is 4.79. The molecular weight excluding hydrogens is 335 g/mol. The molecule has 0 aliphatic carbocycles. The first-order valence-corrected chi connectivity index (χ1v) is 9.63. The highest BCUT2D eigenvalue weighted by Crippen LogP contribution is 2.46. The van der Waals surface area contributed by atoms with Crippen molar-refractivity contribution in [3.63, 3.8) is 0 Å². The van der Waals surface area contributed by atoms with E-state index in [4.69, 9.17) is 4.52 Å². The molecule has 0 amide bonds. The topological polar surface area (TPSA) is 9.23 Å². The van der Waals surface area contributed by atoms with E-state index in [1.165, 1.54) is 33.1 Å². The van der Waals surface area contributed by atoms with Crippen molar-refractivity contribution in [1.82, 2.24) is 0 Å². The van der Waals surface area contributed by atoms with E-state index in [0.717, 1.165) is 11.3 Å². The van der Waals surface area contributed by atoms with Crippen molar-refractivity contribution in [2.45, 2.75) is 0 Å². The van der Waals surface area contributed by atoms with E-state index in [1.807, 2.05) is 6.07 Å². The molecule has 0 aromatic heterocycles. The third kappa shape index (κ3) is 2.53. The molecule has 1 atom stereocenters. The summed E-state index contributed by atoms with van der Waals surface area (Å²) in [4.78, 5) is 0. The maximum Gasteiger partial charge on any atom is 0.139 e. The monoisotopic (exact) mass is 352 g/mol. The number of para-hydroxylation sites is 1. The maximum atomic E-state index is 6.33. The highest BCUT2D eigenvalue weighted by atomic mass is 31.1. The average molecular weight is 352 g/mol. The standard InChI is InChI=1S/C24H17OP/c1-3-9-17(10-4-1)19-13-7-15-21-22-16-8-14-20(18-11-5-2-6-12-18)24(22)26-25-23(19)21/h1-16,26H. The van der Waals surface area contributed by atoms with Gasteiger partial charge in [-0.25, -0.2) is 0 Å². The van der Waals surface area contributed by atoms with Crippen LogP contribution in [0.25, 0.3) is 33.4 Å². The molecule has 5 rings (SSSR count). The van der Waals surface area contributed by atoms with E-state index in [0.29, 0.717) is 8.81 Å². The third-order valence-corrected chi connectivity index (χ3v) is 5.84. The molecular formula is C24H17OP. The highest BCUT2D eigenvalue weighted by molar-refractivity contribution is 7.43. The number of rotatable bonds is 2. The SMILES string of the molecule is c1ccc(-c2cccc3c2OPc2c(-c4ccccc4)cccc2-3)cc1. The zero-order chi connectivity index (χ0) is 17.3. The first-order valence-electron chi connectivity index (χ1n) is 8.72. The Balaban J connectivity index is 1.70. The molecule has 4 aromatic carbocycles. The summed E-state index contributed by atoms with van der Waals surface area (Å²) in [5.41, 5.74) is 7.31. The molecule has 26 heavy (non-hydrogen) atoms. The van der Waals surface area contributed by atoms with Gasteiger partial charge in [-0.05, 0) is 22.3 Å². The van der Waals surface area contributed by atoms with Crippen molar-refractivity contribution in [3.8, 4) is 39.1 Å². The second-order valence-corrected chi connectivity index (χ2v) is 7.25. The second-order valence-electron chi connectivity index (χ2n) is 6.35. The van der Waals surface area contributed by atoms with Crippen molar-refractivity contribution >= 4 is 14.1 Å². The molecule has 0 saturated heterocycles. The fourth-order valence-corrected chi connectivity index (χ4v) is 4.64. The second kappa shape index (κ2) is 6.44. The van der Waals surface area contributed by atoms with Crippen LogP contribution in [0.4, 0.5) is 0 Å². The molecule has 1 aliphatic heterocycles. The van der Waals surface area contributed by atoms with Crippen molar-refractivity contribution < 1.29 is 4.52 Å². The Morgan fingerprint density at radius 3 is 1.69 bits per heavy atom. The predicted octanol–water partition coefficient (Wildman–Crippen LogP) is 6.30. The van der Waals surface area contributed by atoms with E-state index < -0.39 is 0 Å². The molecule has 2 heteroatoms. The number of hydrogen-bond acceptors (Lipinski definition) is 1. The Kier molecular flexibility index (Phi) is 3.81. The fourth-order valence-electron chi connectivity index (χ4n) is 3.55. The van der Waals surface area contributed by atoms with Crippen LogP contribution in [-0.2, 0) is 0 Å². The summed E-state index contributed by atoms with van der Waals surface area (Å²) in [6, 6.07) is 34.0. The molecule has 0 fully saturated rings. The van der Waals surface area contributed by atoms with Crippen molar-refractivity contribution in [2.24, 2.45) is 0 Å². The van der Waals surface area contributed by atoms with Gasteiger partial charge in [-0.3, -0.25) is 0 Å². The van der Waals surface area contributed by atoms with Crippen molar-refractivity contribution in [1.29, 1.82) is 0 Å². The van der Waals surface area contributed by atoms with Gasteiger partial charge in [-0.15, -0.1) is 0 Å². The van der Waals surface area contributed by atoms with Gasteiger partial charge >= 0.3 is 0 Å². The molecule has 1 heterocycles. The minimum absolute atomic E-state index is 0.305. The number of fused-ring (bicyclic) bond motifs is 3. The van der Waals surface area contributed by atoms with Gasteiger partial charge in [-0.2, -0.15) is 0 Å². The summed E-state index contributed by atoms with van der Waals surface area (Å²) < 4.78 is 6.33. The van der Waals surface area contributed by atoms with Gasteiger partial charge in [0, 0.05) is 16.4 Å². The molecule has 4 aromatic rings. The van der Waals surface area contributed by atoms with Crippen LogP contribution in [0.2, 0.25) is 0 Å². The highest BCUT2D eigenvalue weighted by Gasteiger charge is 2.23. The molecule has 0 saturated carbocycles. The molecule has 1 nitrogen and oxygen atoms in total. The van der Waals surface area contributed by atoms with Crippen LogP contribution in [0.3, 0.4) is 0 Å². The van der Waals surface area contributed by atoms with Gasteiger partial charge in [0.15, 0.2) is 0 Å². The first kappa shape index (κ1) is 15.4. The lowest BCUT2D eigenvalue weighted by atomic mass is 9.94. The van der Waals surface area contributed by atoms with Crippen LogP contribution in [0.1, 0.15) is 0 Å². The zero-order valence-corrected chi connectivity index (χ0v) is 15.1. The number of hydrogen-bond donors (Lipinski definition) is 0. The van der Waals surface area contributed by atoms with Crippen LogP contribution in [0, 0.1) is 0 Å². The Hall–Kier alpha value is -2.89. The minimum atomic E-state index is 0.305. The van der Waals surface area contributed by atoms with E-state index in [9.17, 15) is 0 Å². The summed E-state index contributed by atoms with van der Waals surface area (Å²) in [5.74, 6) is 0.995. The molecule has 0 N–H and O–H groups in total. The molecule has 1 unspecified atom stereocenters. The van der Waals surface area contributed by atoms with Crippen LogP contribution >= 0.6 is 8.81 Å². The average Bonchev–Trinajstić information content (AvgIpc) is 2.74. The quantitative estimate of drug-likeness (QED) is 0.385. The van der Waals surface area contributed by atoms with Gasteiger partial charge in [0.2, 0.25) is 0 Å². The normalized spacial score (nSPS) is 12.9. The van der Waals surface area contributed by atoms with Crippen LogP contribution < -0.4 is 9.83 Å². The van der Waals surface area contributed by atoms with Gasteiger partial charge in [0.05, 0.1) is 0 Å². The Labute approximate surface area is 155 Å². The van der Waals surface area contributed by atoms with Crippen molar-refractivity contribution in [3.05, 3.63) is 97.1 Å². The lowest BCUT2D eigenvalue weighted by Gasteiger charge is -2.25. The van der Waals surface area contributed by atoms with E-state index in [2.05, 4.69) is 91.0 Å². The predicted molar refractivity (Wildman–Crippen MR) is 111 cm³/mol. The summed E-state index contributed by atoms with van der Waals surface area (Å²) in [5, 5.41) is 1.29. The Morgan fingerprint density at radius 2 is 1.00 bits per heavy atom. The lowest BCUT2D eigenvalue weighted by Crippen LogP contribution is -2.11. The smallest absolute Gasteiger partial charge is 0.139 e. The summed E-state index contributed by atoms with van der Waals surface area (Å²) in [7, 11) is 0.305. The molecule has 124 valence electrons. The number of benzene rings is 4. The van der Waals surface area contributed by atoms with E-state index in [-0.39, 0.29) is 0 Å². The van der Waals surface area contributed by atoms with E-state index in [1.54, 1.807) is 0 Å². The maximum absolute atomic E-state index is 6.33. The zero-order valence-electron chi connectivity index (χ0n) is 14.1. The van der Waals surface area contributed by atoms with Crippen LogP contribution in [0.15, 0.2) is 97.1 Å². The summed E-state index contributed by atoms with van der Waals surface area (Å²) >= 11 is 0. The lowest BCUT2D eigenvalue weighted by molar-refractivity contribution is 0.640. The summed E-state index contributed by atoms with van der Waals surface area (Å²) in [6.07, 6.45) is 0.